The maximum absolute atomic E-state index is 13.3. The zero-order valence-electron chi connectivity index (χ0n) is 11.6. The lowest BCUT2D eigenvalue weighted by Gasteiger charge is -2.18. The minimum atomic E-state index is -0.567. The quantitative estimate of drug-likeness (QED) is 0.611. The number of aryl methyl sites for hydroxylation is 1. The second kappa shape index (κ2) is 7.04. The number of likely N-dealkylation sites (N-methyl/N-ethyl adjacent to an activating group) is 1. The third kappa shape index (κ3) is 4.17. The summed E-state index contributed by atoms with van der Waals surface area (Å²) in [6.07, 6.45) is 0. The summed E-state index contributed by atoms with van der Waals surface area (Å²) in [4.78, 5) is 12.5. The lowest BCUT2D eigenvalue weighted by molar-refractivity contribution is -0.384. The van der Waals surface area contributed by atoms with E-state index in [9.17, 15) is 14.5 Å². The smallest absolute Gasteiger partial charge is 0.295 e. The van der Waals surface area contributed by atoms with Gasteiger partial charge in [0.15, 0.2) is 0 Å². The van der Waals surface area contributed by atoms with Crippen molar-refractivity contribution in [1.82, 2.24) is 4.90 Å². The highest BCUT2D eigenvalue weighted by atomic mass is 19.1. The maximum atomic E-state index is 13.3. The predicted octanol–water partition coefficient (Wildman–Crippen LogP) is 2.80. The molecule has 0 spiro atoms. The van der Waals surface area contributed by atoms with Crippen LogP contribution in [-0.2, 0) is 0 Å². The van der Waals surface area contributed by atoms with Crippen LogP contribution in [-0.4, -0.2) is 36.0 Å². The van der Waals surface area contributed by atoms with Crippen LogP contribution in [0.25, 0.3) is 0 Å². The fourth-order valence-electron chi connectivity index (χ4n) is 1.85. The van der Waals surface area contributed by atoms with Crippen molar-refractivity contribution < 1.29 is 9.31 Å². The standard InChI is InChI=1S/C13H20FN3O2/c1-4-16(5-2)7-6-15-12-8-10(3)11(14)9-13(12)17(18)19/h8-9,15H,4-7H2,1-3H3. The molecule has 0 amide bonds. The van der Waals surface area contributed by atoms with E-state index in [1.54, 1.807) is 6.92 Å². The van der Waals surface area contributed by atoms with Gasteiger partial charge in [-0.15, -0.1) is 0 Å². The molecule has 0 aromatic heterocycles. The number of rotatable bonds is 7. The average molecular weight is 269 g/mol. The molecule has 1 rings (SSSR count). The molecule has 1 N–H and O–H groups in total. The minimum Gasteiger partial charge on any atom is -0.378 e. The zero-order valence-corrected chi connectivity index (χ0v) is 11.6. The summed E-state index contributed by atoms with van der Waals surface area (Å²) in [6.45, 7) is 8.97. The Hall–Kier alpha value is -1.69. The number of nitrogens with zero attached hydrogens (tertiary/aromatic N) is 2. The molecule has 0 aliphatic rings. The summed E-state index contributed by atoms with van der Waals surface area (Å²) in [5.74, 6) is -0.555. The molecule has 0 atom stereocenters. The molecule has 0 saturated carbocycles. The summed E-state index contributed by atoms with van der Waals surface area (Å²) in [5, 5.41) is 13.9. The summed E-state index contributed by atoms with van der Waals surface area (Å²) in [7, 11) is 0. The van der Waals surface area contributed by atoms with Gasteiger partial charge in [0.05, 0.1) is 11.0 Å². The largest absolute Gasteiger partial charge is 0.378 e. The Bertz CT molecular complexity index is 448. The van der Waals surface area contributed by atoms with Crippen LogP contribution in [0, 0.1) is 22.9 Å². The highest BCUT2D eigenvalue weighted by Crippen LogP contribution is 2.27. The number of nitro groups is 1. The number of halogens is 1. The minimum absolute atomic E-state index is 0.220. The highest BCUT2D eigenvalue weighted by molar-refractivity contribution is 5.63. The SMILES string of the molecule is CCN(CC)CCNc1cc(C)c(F)cc1[N+](=O)[O-]. The lowest BCUT2D eigenvalue weighted by atomic mass is 10.2. The van der Waals surface area contributed by atoms with Gasteiger partial charge in [-0.05, 0) is 31.6 Å². The van der Waals surface area contributed by atoms with Crippen LogP contribution >= 0.6 is 0 Å². The fraction of sp³-hybridized carbons (Fsp3) is 0.538. The first kappa shape index (κ1) is 15.4. The monoisotopic (exact) mass is 269 g/mol. The number of hydrogen-bond acceptors (Lipinski definition) is 4. The van der Waals surface area contributed by atoms with E-state index in [2.05, 4.69) is 24.1 Å². The van der Waals surface area contributed by atoms with Crippen molar-refractivity contribution in [3.8, 4) is 0 Å². The van der Waals surface area contributed by atoms with E-state index in [-0.39, 0.29) is 5.69 Å². The molecule has 0 heterocycles. The van der Waals surface area contributed by atoms with Crippen LogP contribution in [0.2, 0.25) is 0 Å². The van der Waals surface area contributed by atoms with Gasteiger partial charge in [-0.2, -0.15) is 0 Å². The van der Waals surface area contributed by atoms with Crippen molar-refractivity contribution in [3.63, 3.8) is 0 Å². The number of hydrogen-bond donors (Lipinski definition) is 1. The molecule has 0 bridgehead atoms. The van der Waals surface area contributed by atoms with Crippen LogP contribution in [0.15, 0.2) is 12.1 Å². The van der Waals surface area contributed by atoms with Crippen LogP contribution in [0.1, 0.15) is 19.4 Å². The van der Waals surface area contributed by atoms with E-state index in [4.69, 9.17) is 0 Å². The van der Waals surface area contributed by atoms with Crippen molar-refractivity contribution >= 4 is 11.4 Å². The molecule has 6 heteroatoms. The molecular weight excluding hydrogens is 249 g/mol. The van der Waals surface area contributed by atoms with E-state index in [1.807, 2.05) is 0 Å². The Morgan fingerprint density at radius 2 is 2.00 bits per heavy atom. The Morgan fingerprint density at radius 1 is 1.37 bits per heavy atom. The molecule has 106 valence electrons. The zero-order chi connectivity index (χ0) is 14.4. The third-order valence-electron chi connectivity index (χ3n) is 3.11. The third-order valence-corrected chi connectivity index (χ3v) is 3.11. The van der Waals surface area contributed by atoms with E-state index >= 15 is 0 Å². The molecule has 0 radical (unpaired) electrons. The van der Waals surface area contributed by atoms with Gasteiger partial charge in [-0.3, -0.25) is 10.1 Å². The molecule has 0 aliphatic carbocycles. The first-order valence-corrected chi connectivity index (χ1v) is 6.40. The van der Waals surface area contributed by atoms with Crippen LogP contribution in [0.3, 0.4) is 0 Å². The summed E-state index contributed by atoms with van der Waals surface area (Å²) < 4.78 is 13.3. The second-order valence-electron chi connectivity index (χ2n) is 4.33. The van der Waals surface area contributed by atoms with Gasteiger partial charge in [0.2, 0.25) is 0 Å². The van der Waals surface area contributed by atoms with Crippen molar-refractivity contribution in [3.05, 3.63) is 33.6 Å². The topological polar surface area (TPSA) is 58.4 Å². The summed E-state index contributed by atoms with van der Waals surface area (Å²) in [5.41, 5.74) is 0.551. The first-order chi connectivity index (χ1) is 8.99. The van der Waals surface area contributed by atoms with Gasteiger partial charge in [0, 0.05) is 13.1 Å². The van der Waals surface area contributed by atoms with E-state index in [0.717, 1.165) is 25.7 Å². The lowest BCUT2D eigenvalue weighted by Crippen LogP contribution is -2.28. The average Bonchev–Trinajstić information content (AvgIpc) is 2.38. The Balaban J connectivity index is 2.77. The van der Waals surface area contributed by atoms with Gasteiger partial charge in [0.25, 0.3) is 5.69 Å². The highest BCUT2D eigenvalue weighted by Gasteiger charge is 2.16. The Labute approximate surface area is 112 Å². The molecule has 19 heavy (non-hydrogen) atoms. The van der Waals surface area contributed by atoms with Crippen LogP contribution < -0.4 is 5.32 Å². The maximum Gasteiger partial charge on any atom is 0.295 e. The first-order valence-electron chi connectivity index (χ1n) is 6.40. The molecular formula is C13H20FN3O2. The molecule has 0 unspecified atom stereocenters. The Morgan fingerprint density at radius 3 is 2.53 bits per heavy atom. The number of benzene rings is 1. The van der Waals surface area contributed by atoms with Gasteiger partial charge in [-0.25, -0.2) is 4.39 Å². The normalized spacial score (nSPS) is 10.8. The van der Waals surface area contributed by atoms with Gasteiger partial charge in [-0.1, -0.05) is 13.8 Å². The van der Waals surface area contributed by atoms with Crippen molar-refractivity contribution in [2.24, 2.45) is 0 Å². The van der Waals surface area contributed by atoms with Crippen molar-refractivity contribution in [2.75, 3.05) is 31.5 Å². The van der Waals surface area contributed by atoms with Gasteiger partial charge < -0.3 is 10.2 Å². The van der Waals surface area contributed by atoms with E-state index in [1.165, 1.54) is 6.07 Å². The molecule has 5 nitrogen and oxygen atoms in total. The fourth-order valence-corrected chi connectivity index (χ4v) is 1.85. The molecule has 0 aliphatic heterocycles. The van der Waals surface area contributed by atoms with E-state index in [0.29, 0.717) is 17.8 Å². The van der Waals surface area contributed by atoms with Crippen molar-refractivity contribution in [1.29, 1.82) is 0 Å². The number of nitro benzene ring substituents is 1. The Kier molecular flexibility index (Phi) is 5.69. The molecule has 1 aromatic rings. The van der Waals surface area contributed by atoms with Gasteiger partial charge >= 0.3 is 0 Å². The van der Waals surface area contributed by atoms with E-state index < -0.39 is 10.7 Å². The molecule has 0 saturated heterocycles. The molecule has 0 fully saturated rings. The van der Waals surface area contributed by atoms with Crippen LogP contribution in [0.5, 0.6) is 0 Å². The number of nitrogens with one attached hydrogen (secondary N) is 1. The second-order valence-corrected chi connectivity index (χ2v) is 4.33. The van der Waals surface area contributed by atoms with Crippen LogP contribution in [0.4, 0.5) is 15.8 Å². The summed E-state index contributed by atoms with van der Waals surface area (Å²) in [6, 6.07) is 2.45. The summed E-state index contributed by atoms with van der Waals surface area (Å²) >= 11 is 0. The van der Waals surface area contributed by atoms with Gasteiger partial charge in [0.1, 0.15) is 11.5 Å². The molecule has 1 aromatic carbocycles. The number of anilines is 1. The predicted molar refractivity (Wildman–Crippen MR) is 74.1 cm³/mol. The van der Waals surface area contributed by atoms with Crippen molar-refractivity contribution in [2.45, 2.75) is 20.8 Å².